The molecule has 1 aliphatic carbocycles. The average molecular weight is 189 g/mol. The summed E-state index contributed by atoms with van der Waals surface area (Å²) in [5.74, 6) is 0.602. The SMILES string of the molecule is CCCC1c2ccccc2CCC1N. The van der Waals surface area contributed by atoms with Crippen LogP contribution in [0.2, 0.25) is 0 Å². The van der Waals surface area contributed by atoms with Crippen molar-refractivity contribution in [2.24, 2.45) is 5.73 Å². The molecular formula is C13H19N. The highest BCUT2D eigenvalue weighted by atomic mass is 14.7. The van der Waals surface area contributed by atoms with Crippen LogP contribution in [0.25, 0.3) is 0 Å². The van der Waals surface area contributed by atoms with Gasteiger partial charge in [0.2, 0.25) is 0 Å². The zero-order chi connectivity index (χ0) is 9.97. The Morgan fingerprint density at radius 2 is 2.14 bits per heavy atom. The zero-order valence-electron chi connectivity index (χ0n) is 8.87. The van der Waals surface area contributed by atoms with Crippen molar-refractivity contribution in [3.05, 3.63) is 35.4 Å². The van der Waals surface area contributed by atoms with E-state index < -0.39 is 0 Å². The van der Waals surface area contributed by atoms with Crippen LogP contribution in [0, 0.1) is 0 Å². The molecule has 1 aliphatic rings. The third kappa shape index (κ3) is 1.69. The molecule has 0 radical (unpaired) electrons. The molecule has 0 aromatic heterocycles. The van der Waals surface area contributed by atoms with E-state index in [4.69, 9.17) is 5.73 Å². The zero-order valence-corrected chi connectivity index (χ0v) is 8.87. The van der Waals surface area contributed by atoms with E-state index in [1.54, 1.807) is 0 Å². The fraction of sp³-hybridized carbons (Fsp3) is 0.538. The van der Waals surface area contributed by atoms with Crippen molar-refractivity contribution >= 4 is 0 Å². The molecule has 0 saturated carbocycles. The smallest absolute Gasteiger partial charge is 0.0111 e. The largest absolute Gasteiger partial charge is 0.327 e. The van der Waals surface area contributed by atoms with Crippen molar-refractivity contribution in [1.82, 2.24) is 0 Å². The number of hydrogen-bond acceptors (Lipinski definition) is 1. The summed E-state index contributed by atoms with van der Waals surface area (Å²) < 4.78 is 0. The van der Waals surface area contributed by atoms with E-state index in [1.807, 2.05) is 0 Å². The second-order valence-corrected chi connectivity index (χ2v) is 4.30. The Balaban J connectivity index is 2.31. The van der Waals surface area contributed by atoms with Crippen LogP contribution < -0.4 is 5.73 Å². The summed E-state index contributed by atoms with van der Waals surface area (Å²) in [6.07, 6.45) is 4.78. The fourth-order valence-electron chi connectivity index (χ4n) is 2.56. The van der Waals surface area contributed by atoms with Gasteiger partial charge in [-0.2, -0.15) is 0 Å². The predicted octanol–water partition coefficient (Wildman–Crippen LogP) is 2.84. The Morgan fingerprint density at radius 3 is 2.93 bits per heavy atom. The maximum Gasteiger partial charge on any atom is 0.0111 e. The monoisotopic (exact) mass is 189 g/mol. The van der Waals surface area contributed by atoms with Gasteiger partial charge < -0.3 is 5.73 Å². The van der Waals surface area contributed by atoms with Crippen LogP contribution in [0.3, 0.4) is 0 Å². The van der Waals surface area contributed by atoms with Crippen LogP contribution in [-0.2, 0) is 6.42 Å². The quantitative estimate of drug-likeness (QED) is 0.760. The van der Waals surface area contributed by atoms with Gasteiger partial charge in [-0.05, 0) is 36.3 Å². The lowest BCUT2D eigenvalue weighted by Crippen LogP contribution is -2.33. The van der Waals surface area contributed by atoms with Gasteiger partial charge in [0.05, 0.1) is 0 Å². The lowest BCUT2D eigenvalue weighted by Gasteiger charge is -2.31. The molecule has 2 unspecified atom stereocenters. The lowest BCUT2D eigenvalue weighted by molar-refractivity contribution is 0.443. The number of aryl methyl sites for hydroxylation is 1. The van der Waals surface area contributed by atoms with Crippen LogP contribution in [0.5, 0.6) is 0 Å². The summed E-state index contributed by atoms with van der Waals surface area (Å²) in [7, 11) is 0. The minimum Gasteiger partial charge on any atom is -0.327 e. The van der Waals surface area contributed by atoms with Crippen LogP contribution in [0.15, 0.2) is 24.3 Å². The Kier molecular flexibility index (Phi) is 2.87. The lowest BCUT2D eigenvalue weighted by atomic mass is 9.77. The molecule has 0 heterocycles. The Labute approximate surface area is 86.3 Å². The van der Waals surface area contributed by atoms with Crippen LogP contribution in [0.4, 0.5) is 0 Å². The fourth-order valence-corrected chi connectivity index (χ4v) is 2.56. The number of benzene rings is 1. The molecule has 1 aromatic carbocycles. The van der Waals surface area contributed by atoms with Crippen molar-refractivity contribution in [1.29, 1.82) is 0 Å². The van der Waals surface area contributed by atoms with E-state index in [0.29, 0.717) is 12.0 Å². The van der Waals surface area contributed by atoms with Crippen LogP contribution in [0.1, 0.15) is 43.2 Å². The Hall–Kier alpha value is -0.820. The first-order valence-corrected chi connectivity index (χ1v) is 5.66. The highest BCUT2D eigenvalue weighted by molar-refractivity contribution is 5.34. The van der Waals surface area contributed by atoms with Gasteiger partial charge in [-0.25, -0.2) is 0 Å². The summed E-state index contributed by atoms with van der Waals surface area (Å²) in [6.45, 7) is 2.24. The van der Waals surface area contributed by atoms with E-state index in [0.717, 1.165) is 12.8 Å². The molecule has 76 valence electrons. The second-order valence-electron chi connectivity index (χ2n) is 4.30. The second kappa shape index (κ2) is 4.14. The molecular weight excluding hydrogens is 170 g/mol. The molecule has 2 N–H and O–H groups in total. The Morgan fingerprint density at radius 1 is 1.36 bits per heavy atom. The van der Waals surface area contributed by atoms with Crippen LogP contribution >= 0.6 is 0 Å². The molecule has 0 amide bonds. The number of fused-ring (bicyclic) bond motifs is 1. The van der Waals surface area contributed by atoms with Crippen molar-refractivity contribution in [3.63, 3.8) is 0 Å². The number of nitrogens with two attached hydrogens (primary N) is 1. The summed E-state index contributed by atoms with van der Waals surface area (Å²) in [6, 6.07) is 9.17. The van der Waals surface area contributed by atoms with Gasteiger partial charge in [0, 0.05) is 6.04 Å². The maximum atomic E-state index is 6.18. The topological polar surface area (TPSA) is 26.0 Å². The van der Waals surface area contributed by atoms with Gasteiger partial charge in [0.15, 0.2) is 0 Å². The van der Waals surface area contributed by atoms with E-state index in [1.165, 1.54) is 24.0 Å². The number of hydrogen-bond donors (Lipinski definition) is 1. The standard InChI is InChI=1S/C13H19N/c1-2-5-12-11-7-4-3-6-10(11)8-9-13(12)14/h3-4,6-7,12-13H,2,5,8-9,14H2,1H3. The average Bonchev–Trinajstić information content (AvgIpc) is 2.23. The van der Waals surface area contributed by atoms with Gasteiger partial charge in [-0.3, -0.25) is 0 Å². The molecule has 1 aromatic rings. The minimum absolute atomic E-state index is 0.379. The summed E-state index contributed by atoms with van der Waals surface area (Å²) >= 11 is 0. The van der Waals surface area contributed by atoms with E-state index >= 15 is 0 Å². The van der Waals surface area contributed by atoms with Gasteiger partial charge >= 0.3 is 0 Å². The normalized spacial score (nSPS) is 25.9. The van der Waals surface area contributed by atoms with E-state index in [2.05, 4.69) is 31.2 Å². The van der Waals surface area contributed by atoms with Crippen molar-refractivity contribution in [2.45, 2.75) is 44.6 Å². The molecule has 0 saturated heterocycles. The van der Waals surface area contributed by atoms with Gasteiger partial charge in [-0.15, -0.1) is 0 Å². The van der Waals surface area contributed by atoms with E-state index in [-0.39, 0.29) is 0 Å². The summed E-state index contributed by atoms with van der Waals surface area (Å²) in [5.41, 5.74) is 9.21. The maximum absolute atomic E-state index is 6.18. The molecule has 0 fully saturated rings. The molecule has 1 nitrogen and oxygen atoms in total. The van der Waals surface area contributed by atoms with Crippen molar-refractivity contribution in [3.8, 4) is 0 Å². The molecule has 2 rings (SSSR count). The van der Waals surface area contributed by atoms with E-state index in [9.17, 15) is 0 Å². The molecule has 1 heteroatoms. The van der Waals surface area contributed by atoms with Crippen molar-refractivity contribution < 1.29 is 0 Å². The van der Waals surface area contributed by atoms with Gasteiger partial charge in [-0.1, -0.05) is 37.6 Å². The summed E-state index contributed by atoms with van der Waals surface area (Å²) in [5, 5.41) is 0. The molecule has 0 spiro atoms. The predicted molar refractivity (Wildman–Crippen MR) is 60.4 cm³/mol. The first-order valence-electron chi connectivity index (χ1n) is 5.66. The number of rotatable bonds is 2. The third-order valence-electron chi connectivity index (χ3n) is 3.32. The first-order chi connectivity index (χ1) is 6.83. The highest BCUT2D eigenvalue weighted by Crippen LogP contribution is 2.33. The Bertz CT molecular complexity index is 306. The minimum atomic E-state index is 0.379. The molecule has 0 aliphatic heterocycles. The van der Waals surface area contributed by atoms with Gasteiger partial charge in [0.25, 0.3) is 0 Å². The first kappa shape index (κ1) is 9.72. The summed E-state index contributed by atoms with van der Waals surface area (Å²) in [4.78, 5) is 0. The van der Waals surface area contributed by atoms with Gasteiger partial charge in [0.1, 0.15) is 0 Å². The van der Waals surface area contributed by atoms with Crippen LogP contribution in [-0.4, -0.2) is 6.04 Å². The highest BCUT2D eigenvalue weighted by Gasteiger charge is 2.25. The molecule has 0 bridgehead atoms. The molecule has 2 atom stereocenters. The molecule has 14 heavy (non-hydrogen) atoms. The van der Waals surface area contributed by atoms with Crippen molar-refractivity contribution in [2.75, 3.05) is 0 Å². The third-order valence-corrected chi connectivity index (χ3v) is 3.32.